The summed E-state index contributed by atoms with van der Waals surface area (Å²) in [5, 5.41) is 0. The summed E-state index contributed by atoms with van der Waals surface area (Å²) >= 11 is 1.99. The van der Waals surface area contributed by atoms with Gasteiger partial charge in [-0.05, 0) is 32.1 Å². The van der Waals surface area contributed by atoms with E-state index in [1.807, 2.05) is 23.6 Å². The topological polar surface area (TPSA) is 55.3 Å². The molecule has 130 valence electrons. The summed E-state index contributed by atoms with van der Waals surface area (Å²) in [4.78, 5) is 22.7. The van der Waals surface area contributed by atoms with Gasteiger partial charge < -0.3 is 9.64 Å². The fourth-order valence-electron chi connectivity index (χ4n) is 4.04. The van der Waals surface area contributed by atoms with Crippen LogP contribution in [0.1, 0.15) is 48.3 Å². The van der Waals surface area contributed by atoms with E-state index in [9.17, 15) is 4.79 Å². The van der Waals surface area contributed by atoms with Crippen molar-refractivity contribution in [3.05, 3.63) is 23.8 Å². The molecule has 2 saturated heterocycles. The van der Waals surface area contributed by atoms with Gasteiger partial charge in [0.15, 0.2) is 0 Å². The number of amides is 1. The average Bonchev–Trinajstić information content (AvgIpc) is 3.21. The third kappa shape index (κ3) is 3.31. The molecule has 1 unspecified atom stereocenters. The molecular weight excluding hydrogens is 322 g/mol. The standard InChI is InChI=1S/C18H25N3O2S/c1-13-7-20-16(8-19-13)17(22)21-11-18(12-21)6-15(10-24-18)23-9-14-4-2-3-5-14/h7-8,14-15H,2-6,9-12H2,1H3. The first-order valence-electron chi connectivity index (χ1n) is 8.97. The number of carbonyl (C=O) groups excluding carboxylic acids is 1. The Balaban J connectivity index is 1.26. The van der Waals surface area contributed by atoms with E-state index in [4.69, 9.17) is 4.74 Å². The van der Waals surface area contributed by atoms with Crippen LogP contribution in [0.4, 0.5) is 0 Å². The normalized spacial score (nSPS) is 26.0. The minimum absolute atomic E-state index is 0.00375. The quantitative estimate of drug-likeness (QED) is 0.838. The zero-order valence-corrected chi connectivity index (χ0v) is 15.1. The van der Waals surface area contributed by atoms with E-state index in [1.165, 1.54) is 25.7 Å². The average molecular weight is 347 g/mol. The van der Waals surface area contributed by atoms with Crippen LogP contribution in [0, 0.1) is 12.8 Å². The summed E-state index contributed by atoms with van der Waals surface area (Å²) < 4.78 is 6.38. The molecule has 1 amide bonds. The van der Waals surface area contributed by atoms with Gasteiger partial charge in [-0.25, -0.2) is 4.98 Å². The third-order valence-corrected chi connectivity index (χ3v) is 7.04. The molecule has 0 bridgehead atoms. The number of thioether (sulfide) groups is 1. The molecule has 6 heteroatoms. The van der Waals surface area contributed by atoms with Crippen molar-refractivity contribution >= 4 is 17.7 Å². The molecule has 4 rings (SSSR count). The van der Waals surface area contributed by atoms with Crippen molar-refractivity contribution in [1.29, 1.82) is 0 Å². The van der Waals surface area contributed by atoms with Crippen molar-refractivity contribution in [2.45, 2.75) is 49.9 Å². The van der Waals surface area contributed by atoms with E-state index in [1.54, 1.807) is 12.4 Å². The minimum Gasteiger partial charge on any atom is -0.377 e. The van der Waals surface area contributed by atoms with Crippen LogP contribution in [-0.4, -0.2) is 57.1 Å². The Morgan fingerprint density at radius 3 is 2.83 bits per heavy atom. The summed E-state index contributed by atoms with van der Waals surface area (Å²) in [5.41, 5.74) is 1.28. The first kappa shape index (κ1) is 16.3. The zero-order valence-electron chi connectivity index (χ0n) is 14.2. The third-order valence-electron chi connectivity index (χ3n) is 5.46. The highest BCUT2D eigenvalue weighted by Gasteiger charge is 2.51. The molecule has 0 radical (unpaired) electrons. The number of nitrogens with zero attached hydrogens (tertiary/aromatic N) is 3. The van der Waals surface area contributed by atoms with Gasteiger partial charge >= 0.3 is 0 Å². The van der Waals surface area contributed by atoms with Crippen molar-refractivity contribution in [3.8, 4) is 0 Å². The summed E-state index contributed by atoms with van der Waals surface area (Å²) in [6.07, 6.45) is 10.1. The number of carbonyl (C=O) groups is 1. The number of aromatic nitrogens is 2. The highest BCUT2D eigenvalue weighted by Crippen LogP contribution is 2.46. The molecule has 3 aliphatic rings. The van der Waals surface area contributed by atoms with Crippen LogP contribution < -0.4 is 0 Å². The fourth-order valence-corrected chi connectivity index (χ4v) is 5.59. The van der Waals surface area contributed by atoms with Gasteiger partial charge in [0, 0.05) is 31.6 Å². The lowest BCUT2D eigenvalue weighted by Crippen LogP contribution is -2.60. The van der Waals surface area contributed by atoms with Crippen molar-refractivity contribution in [1.82, 2.24) is 14.9 Å². The van der Waals surface area contributed by atoms with E-state index < -0.39 is 0 Å². The molecule has 1 aromatic heterocycles. The predicted molar refractivity (Wildman–Crippen MR) is 94.2 cm³/mol. The van der Waals surface area contributed by atoms with Crippen LogP contribution in [0.25, 0.3) is 0 Å². The SMILES string of the molecule is Cc1cnc(C(=O)N2CC3(CC(OCC4CCCC4)CS3)C2)cn1. The van der Waals surface area contributed by atoms with Crippen LogP contribution in [0.15, 0.2) is 12.4 Å². The summed E-state index contributed by atoms with van der Waals surface area (Å²) in [7, 11) is 0. The molecule has 1 atom stereocenters. The second-order valence-electron chi connectivity index (χ2n) is 7.51. The summed E-state index contributed by atoms with van der Waals surface area (Å²) in [5.74, 6) is 1.86. The highest BCUT2D eigenvalue weighted by atomic mass is 32.2. The summed E-state index contributed by atoms with van der Waals surface area (Å²) in [6, 6.07) is 0. The van der Waals surface area contributed by atoms with Gasteiger partial charge in [-0.15, -0.1) is 11.8 Å². The molecule has 1 saturated carbocycles. The first-order valence-corrected chi connectivity index (χ1v) is 9.96. The van der Waals surface area contributed by atoms with Gasteiger partial charge in [-0.3, -0.25) is 9.78 Å². The lowest BCUT2D eigenvalue weighted by Gasteiger charge is -2.47. The van der Waals surface area contributed by atoms with Crippen molar-refractivity contribution in [3.63, 3.8) is 0 Å². The van der Waals surface area contributed by atoms with Crippen LogP contribution >= 0.6 is 11.8 Å². The van der Waals surface area contributed by atoms with Gasteiger partial charge in [0.25, 0.3) is 5.91 Å². The maximum absolute atomic E-state index is 12.4. The number of aryl methyl sites for hydroxylation is 1. The Labute approximate surface area is 147 Å². The molecule has 0 N–H and O–H groups in total. The maximum Gasteiger partial charge on any atom is 0.274 e. The van der Waals surface area contributed by atoms with E-state index in [0.29, 0.717) is 11.8 Å². The summed E-state index contributed by atoms with van der Waals surface area (Å²) in [6.45, 7) is 4.44. The highest BCUT2D eigenvalue weighted by molar-refractivity contribution is 8.01. The number of hydrogen-bond donors (Lipinski definition) is 0. The Morgan fingerprint density at radius 2 is 2.12 bits per heavy atom. The lowest BCUT2D eigenvalue weighted by atomic mass is 9.92. The first-order chi connectivity index (χ1) is 11.6. The number of hydrogen-bond acceptors (Lipinski definition) is 5. The van der Waals surface area contributed by atoms with E-state index in [-0.39, 0.29) is 10.7 Å². The molecule has 3 fully saturated rings. The number of likely N-dealkylation sites (tertiary alicyclic amines) is 1. The van der Waals surface area contributed by atoms with Gasteiger partial charge in [-0.1, -0.05) is 12.8 Å². The Hall–Kier alpha value is -1.14. The molecule has 1 spiro atoms. The van der Waals surface area contributed by atoms with E-state index >= 15 is 0 Å². The van der Waals surface area contributed by atoms with Crippen LogP contribution in [0.2, 0.25) is 0 Å². The number of rotatable bonds is 4. The van der Waals surface area contributed by atoms with Crippen LogP contribution in [-0.2, 0) is 4.74 Å². The lowest BCUT2D eigenvalue weighted by molar-refractivity contribution is 0.0195. The Kier molecular flexibility index (Phi) is 4.52. The van der Waals surface area contributed by atoms with Gasteiger partial charge in [0.1, 0.15) is 5.69 Å². The van der Waals surface area contributed by atoms with Crippen molar-refractivity contribution in [2.75, 3.05) is 25.4 Å². The van der Waals surface area contributed by atoms with Crippen molar-refractivity contribution < 1.29 is 9.53 Å². The zero-order chi connectivity index (χ0) is 16.6. The number of ether oxygens (including phenoxy) is 1. The van der Waals surface area contributed by atoms with Crippen LogP contribution in [0.5, 0.6) is 0 Å². The smallest absolute Gasteiger partial charge is 0.274 e. The molecule has 5 nitrogen and oxygen atoms in total. The van der Waals surface area contributed by atoms with Crippen LogP contribution in [0.3, 0.4) is 0 Å². The predicted octanol–water partition coefficient (Wildman–Crippen LogP) is 2.69. The monoisotopic (exact) mass is 347 g/mol. The second kappa shape index (κ2) is 6.64. The van der Waals surface area contributed by atoms with E-state index in [0.717, 1.165) is 43.5 Å². The second-order valence-corrected chi connectivity index (χ2v) is 9.00. The maximum atomic E-state index is 12.4. The van der Waals surface area contributed by atoms with E-state index in [2.05, 4.69) is 9.97 Å². The molecule has 2 aliphatic heterocycles. The molecule has 0 aromatic carbocycles. The fraction of sp³-hybridized carbons (Fsp3) is 0.722. The van der Waals surface area contributed by atoms with Gasteiger partial charge in [-0.2, -0.15) is 0 Å². The molecule has 24 heavy (non-hydrogen) atoms. The molecule has 1 aliphatic carbocycles. The largest absolute Gasteiger partial charge is 0.377 e. The molecule has 3 heterocycles. The Bertz CT molecular complexity index is 595. The molecule has 1 aromatic rings. The van der Waals surface area contributed by atoms with Gasteiger partial charge in [0.2, 0.25) is 0 Å². The molecular formula is C18H25N3O2S. The van der Waals surface area contributed by atoms with Gasteiger partial charge in [0.05, 0.1) is 22.7 Å². The van der Waals surface area contributed by atoms with Crippen molar-refractivity contribution in [2.24, 2.45) is 5.92 Å². The minimum atomic E-state index is 0.00375. The Morgan fingerprint density at radius 1 is 1.33 bits per heavy atom.